The number of pyridine rings is 1. The number of halogens is 1. The van der Waals surface area contributed by atoms with Crippen molar-refractivity contribution in [2.75, 3.05) is 31.5 Å². The van der Waals surface area contributed by atoms with E-state index < -0.39 is 0 Å². The molecular weight excluding hydrogens is 602 g/mol. The van der Waals surface area contributed by atoms with Crippen LogP contribution in [-0.4, -0.2) is 47.0 Å². The Hall–Kier alpha value is -3.38. The Bertz CT molecular complexity index is 1800. The number of thiophene rings is 1. The molecule has 2 fully saturated rings. The van der Waals surface area contributed by atoms with Crippen molar-refractivity contribution in [3.63, 3.8) is 0 Å². The number of nitriles is 1. The quantitative estimate of drug-likeness (QED) is 0.183. The molecule has 0 atom stereocenters. The summed E-state index contributed by atoms with van der Waals surface area (Å²) in [6.07, 6.45) is 6.98. The van der Waals surface area contributed by atoms with Crippen LogP contribution in [-0.2, 0) is 6.54 Å². The highest BCUT2D eigenvalue weighted by atomic mass is 35.5. The van der Waals surface area contributed by atoms with Crippen LogP contribution >= 0.6 is 34.7 Å². The second kappa shape index (κ2) is 13.3. The molecule has 0 saturated carbocycles. The first-order valence-corrected chi connectivity index (χ1v) is 17.3. The number of anilines is 2. The topological polar surface area (TPSA) is 55.2 Å². The van der Waals surface area contributed by atoms with Gasteiger partial charge in [-0.2, -0.15) is 5.26 Å². The number of nitrogens with one attached hydrogen (secondary N) is 1. The molecule has 0 amide bonds. The first-order valence-electron chi connectivity index (χ1n) is 15.3. The van der Waals surface area contributed by atoms with Gasteiger partial charge >= 0.3 is 0 Å². The number of hydrogen-bond donors (Lipinski definition) is 1. The number of rotatable bonds is 8. The standard InChI is InChI=1S/C36H34ClN5S2/c37-32-21-27(9-12-35(32)43-29-6-2-1-3-7-29)40-36-26(22-38)23-39-33-20-25(8-11-31(33)36)34-13-10-30(44-34)24-41-18-14-28(15-19-41)42-16-4-5-17-42/h1-3,6-13,20-21,23,28H,4-5,14-19,24H2,(H,39,40). The first-order chi connectivity index (χ1) is 21.6. The van der Waals surface area contributed by atoms with Crippen LogP contribution in [0.3, 0.4) is 0 Å². The van der Waals surface area contributed by atoms with Crippen molar-refractivity contribution in [2.24, 2.45) is 0 Å². The lowest BCUT2D eigenvalue weighted by atomic mass is 10.0. The zero-order chi connectivity index (χ0) is 29.9. The predicted molar refractivity (Wildman–Crippen MR) is 184 cm³/mol. The highest BCUT2D eigenvalue weighted by molar-refractivity contribution is 7.99. The molecule has 0 radical (unpaired) electrons. The van der Waals surface area contributed by atoms with Gasteiger partial charge in [-0.05, 0) is 92.9 Å². The molecule has 0 spiro atoms. The minimum absolute atomic E-state index is 0.496. The van der Waals surface area contributed by atoms with E-state index in [-0.39, 0.29) is 0 Å². The van der Waals surface area contributed by atoms with E-state index in [1.54, 1.807) is 18.0 Å². The molecule has 2 saturated heterocycles. The van der Waals surface area contributed by atoms with Gasteiger partial charge in [0.25, 0.3) is 0 Å². The third kappa shape index (κ3) is 6.51. The monoisotopic (exact) mass is 635 g/mol. The van der Waals surface area contributed by atoms with Gasteiger partial charge in [0.15, 0.2) is 0 Å². The number of fused-ring (bicyclic) bond motifs is 1. The molecule has 8 heteroatoms. The van der Waals surface area contributed by atoms with Gasteiger partial charge in [0.05, 0.1) is 21.8 Å². The number of nitrogens with zero attached hydrogens (tertiary/aromatic N) is 4. The summed E-state index contributed by atoms with van der Waals surface area (Å²) in [5.41, 5.74) is 4.07. The molecule has 222 valence electrons. The van der Waals surface area contributed by atoms with Crippen LogP contribution in [0.4, 0.5) is 11.4 Å². The van der Waals surface area contributed by atoms with Crippen LogP contribution < -0.4 is 5.32 Å². The van der Waals surface area contributed by atoms with Gasteiger partial charge in [-0.1, -0.05) is 53.7 Å². The molecule has 5 nitrogen and oxygen atoms in total. The van der Waals surface area contributed by atoms with E-state index in [9.17, 15) is 5.26 Å². The first kappa shape index (κ1) is 29.3. The van der Waals surface area contributed by atoms with Crippen molar-refractivity contribution in [3.05, 3.63) is 101 Å². The molecule has 4 heterocycles. The summed E-state index contributed by atoms with van der Waals surface area (Å²) in [5.74, 6) is 0. The zero-order valence-corrected chi connectivity index (χ0v) is 26.9. The average molecular weight is 636 g/mol. The second-order valence-corrected chi connectivity index (χ2v) is 14.3. The van der Waals surface area contributed by atoms with E-state index in [0.717, 1.165) is 50.2 Å². The third-order valence-corrected chi connectivity index (χ3v) is 11.3. The fraction of sp³-hybridized carbons (Fsp3) is 0.278. The Morgan fingerprint density at radius 1 is 0.955 bits per heavy atom. The van der Waals surface area contributed by atoms with Crippen LogP contribution in [0.5, 0.6) is 0 Å². The van der Waals surface area contributed by atoms with E-state index in [2.05, 4.69) is 68.6 Å². The Kier molecular flexibility index (Phi) is 8.88. The van der Waals surface area contributed by atoms with Crippen LogP contribution in [0.1, 0.15) is 36.1 Å². The molecule has 1 N–H and O–H groups in total. The predicted octanol–water partition coefficient (Wildman–Crippen LogP) is 9.44. The maximum Gasteiger partial charge on any atom is 0.103 e. The Morgan fingerprint density at radius 3 is 2.55 bits per heavy atom. The largest absolute Gasteiger partial charge is 0.354 e. The molecular formula is C36H34ClN5S2. The lowest BCUT2D eigenvalue weighted by molar-refractivity contribution is 0.123. The normalized spacial score (nSPS) is 16.4. The molecule has 0 bridgehead atoms. The fourth-order valence-electron chi connectivity index (χ4n) is 6.38. The molecule has 2 aromatic heterocycles. The highest BCUT2D eigenvalue weighted by Crippen LogP contribution is 2.38. The van der Waals surface area contributed by atoms with Gasteiger partial charge in [-0.3, -0.25) is 9.88 Å². The second-order valence-electron chi connectivity index (χ2n) is 11.6. The van der Waals surface area contributed by atoms with Gasteiger partial charge in [-0.15, -0.1) is 11.3 Å². The zero-order valence-electron chi connectivity index (χ0n) is 24.5. The lowest BCUT2D eigenvalue weighted by Gasteiger charge is -2.36. The van der Waals surface area contributed by atoms with Crippen molar-refractivity contribution < 1.29 is 0 Å². The summed E-state index contributed by atoms with van der Waals surface area (Å²) in [6.45, 7) is 5.99. The Morgan fingerprint density at radius 2 is 1.77 bits per heavy atom. The van der Waals surface area contributed by atoms with Crippen LogP contribution in [0.25, 0.3) is 21.3 Å². The number of piperidine rings is 1. The fourth-order valence-corrected chi connectivity index (χ4v) is 8.56. The van der Waals surface area contributed by atoms with Gasteiger partial charge in [-0.25, -0.2) is 0 Å². The van der Waals surface area contributed by atoms with Gasteiger partial charge in [0.2, 0.25) is 0 Å². The minimum atomic E-state index is 0.496. The van der Waals surface area contributed by atoms with Crippen molar-refractivity contribution in [1.82, 2.24) is 14.8 Å². The maximum atomic E-state index is 9.89. The van der Waals surface area contributed by atoms with Crippen molar-refractivity contribution in [3.8, 4) is 16.5 Å². The lowest BCUT2D eigenvalue weighted by Crippen LogP contribution is -2.43. The van der Waals surface area contributed by atoms with Gasteiger partial charge in [0, 0.05) is 62.5 Å². The van der Waals surface area contributed by atoms with E-state index in [0.29, 0.717) is 10.6 Å². The SMILES string of the molecule is N#Cc1cnc2cc(-c3ccc(CN4CCC(N5CCCC5)CC4)s3)ccc2c1Nc1ccc(Sc2ccccc2)c(Cl)c1. The summed E-state index contributed by atoms with van der Waals surface area (Å²) < 4.78 is 0. The summed E-state index contributed by atoms with van der Waals surface area (Å²) >= 11 is 10.2. The average Bonchev–Trinajstić information content (AvgIpc) is 3.77. The van der Waals surface area contributed by atoms with E-state index in [1.807, 2.05) is 47.7 Å². The molecule has 3 aromatic carbocycles. The van der Waals surface area contributed by atoms with E-state index in [4.69, 9.17) is 11.6 Å². The number of likely N-dealkylation sites (tertiary alicyclic amines) is 2. The number of hydrogen-bond acceptors (Lipinski definition) is 7. The van der Waals surface area contributed by atoms with E-state index in [1.165, 1.54) is 61.6 Å². The molecule has 0 aliphatic carbocycles. The number of aromatic nitrogens is 1. The molecule has 2 aliphatic rings. The summed E-state index contributed by atoms with van der Waals surface area (Å²) in [5, 5.41) is 14.9. The smallest absolute Gasteiger partial charge is 0.103 e. The summed E-state index contributed by atoms with van der Waals surface area (Å²) in [7, 11) is 0. The van der Waals surface area contributed by atoms with Gasteiger partial charge in [0.1, 0.15) is 6.07 Å². The molecule has 2 aliphatic heterocycles. The number of benzene rings is 3. The molecule has 44 heavy (non-hydrogen) atoms. The molecule has 7 rings (SSSR count). The van der Waals surface area contributed by atoms with Crippen molar-refractivity contribution in [1.29, 1.82) is 5.26 Å². The van der Waals surface area contributed by atoms with Crippen molar-refractivity contribution >= 4 is 57.0 Å². The van der Waals surface area contributed by atoms with Crippen molar-refractivity contribution in [2.45, 2.75) is 48.1 Å². The Labute approximate surface area is 272 Å². The molecule has 0 unspecified atom stereocenters. The molecule has 5 aromatic rings. The van der Waals surface area contributed by atoms with E-state index >= 15 is 0 Å². The summed E-state index contributed by atoms with van der Waals surface area (Å²) in [6, 6.07) is 30.1. The Balaban J connectivity index is 1.06. The minimum Gasteiger partial charge on any atom is -0.354 e. The maximum absolute atomic E-state index is 9.89. The van der Waals surface area contributed by atoms with Gasteiger partial charge < -0.3 is 10.2 Å². The highest BCUT2D eigenvalue weighted by Gasteiger charge is 2.26. The summed E-state index contributed by atoms with van der Waals surface area (Å²) in [4.78, 5) is 14.8. The van der Waals surface area contributed by atoms with Crippen LogP contribution in [0, 0.1) is 11.3 Å². The van der Waals surface area contributed by atoms with Crippen LogP contribution in [0.15, 0.2) is 94.9 Å². The van der Waals surface area contributed by atoms with Crippen LogP contribution in [0.2, 0.25) is 5.02 Å². The third-order valence-electron chi connectivity index (χ3n) is 8.70.